The molecule has 0 radical (unpaired) electrons. The summed E-state index contributed by atoms with van der Waals surface area (Å²) in [6.07, 6.45) is 2.73. The van der Waals surface area contributed by atoms with Crippen LogP contribution < -0.4 is 10.6 Å². The van der Waals surface area contributed by atoms with Gasteiger partial charge in [-0.25, -0.2) is 9.37 Å². The number of amides is 1. The molecule has 0 aliphatic carbocycles. The molecule has 20 heavy (non-hydrogen) atoms. The van der Waals surface area contributed by atoms with E-state index in [1.54, 1.807) is 7.05 Å². The van der Waals surface area contributed by atoms with Gasteiger partial charge in [-0.15, -0.1) is 0 Å². The van der Waals surface area contributed by atoms with E-state index in [1.165, 1.54) is 24.5 Å². The molecule has 2 N–H and O–H groups in total. The van der Waals surface area contributed by atoms with Crippen molar-refractivity contribution in [1.82, 2.24) is 9.97 Å². The zero-order valence-corrected chi connectivity index (χ0v) is 10.5. The molecular formula is C13H10FN5O. The van der Waals surface area contributed by atoms with Crippen molar-refractivity contribution in [1.29, 1.82) is 5.26 Å². The maximum absolute atomic E-state index is 13.6. The minimum Gasteiger partial charge on any atom is -0.372 e. The normalized spacial score (nSPS) is 9.65. The van der Waals surface area contributed by atoms with Crippen molar-refractivity contribution in [2.45, 2.75) is 0 Å². The zero-order valence-electron chi connectivity index (χ0n) is 10.5. The maximum atomic E-state index is 13.6. The Morgan fingerprint density at radius 2 is 2.20 bits per heavy atom. The highest BCUT2D eigenvalue weighted by Crippen LogP contribution is 2.16. The van der Waals surface area contributed by atoms with Crippen molar-refractivity contribution in [2.24, 2.45) is 0 Å². The van der Waals surface area contributed by atoms with E-state index in [1.807, 2.05) is 6.07 Å². The van der Waals surface area contributed by atoms with E-state index in [9.17, 15) is 9.18 Å². The second-order valence-electron chi connectivity index (χ2n) is 3.80. The molecule has 0 saturated carbocycles. The molecule has 0 saturated heterocycles. The molecule has 0 aliphatic heterocycles. The second-order valence-corrected chi connectivity index (χ2v) is 3.80. The molecule has 0 spiro atoms. The fraction of sp³-hybridized carbons (Fsp3) is 0.0769. The van der Waals surface area contributed by atoms with Gasteiger partial charge in [0.2, 0.25) is 0 Å². The lowest BCUT2D eigenvalue weighted by Gasteiger charge is -2.06. The number of anilines is 2. The van der Waals surface area contributed by atoms with Crippen molar-refractivity contribution in [3.05, 3.63) is 47.7 Å². The minimum atomic E-state index is -0.685. The summed E-state index contributed by atoms with van der Waals surface area (Å²) < 4.78 is 13.6. The van der Waals surface area contributed by atoms with Gasteiger partial charge in [-0.1, -0.05) is 0 Å². The molecular weight excluding hydrogens is 261 g/mol. The Balaban J connectivity index is 2.21. The summed E-state index contributed by atoms with van der Waals surface area (Å²) in [5, 5.41) is 13.8. The monoisotopic (exact) mass is 271 g/mol. The number of nitrogens with zero attached hydrogens (tertiary/aromatic N) is 3. The van der Waals surface area contributed by atoms with Crippen molar-refractivity contribution >= 4 is 17.4 Å². The Morgan fingerprint density at radius 1 is 1.40 bits per heavy atom. The van der Waals surface area contributed by atoms with E-state index in [2.05, 4.69) is 20.6 Å². The number of carbonyl (C=O) groups excluding carboxylic acids is 1. The van der Waals surface area contributed by atoms with Crippen LogP contribution in [0.15, 0.2) is 30.6 Å². The maximum Gasteiger partial charge on any atom is 0.276 e. The predicted octanol–water partition coefficient (Wildman–Crippen LogP) is 1.78. The van der Waals surface area contributed by atoms with Crippen LogP contribution in [0.1, 0.15) is 16.1 Å². The van der Waals surface area contributed by atoms with Crippen LogP contribution in [0.4, 0.5) is 15.9 Å². The summed E-state index contributed by atoms with van der Waals surface area (Å²) in [5.41, 5.74) is 0.212. The van der Waals surface area contributed by atoms with Crippen LogP contribution in [0.2, 0.25) is 0 Å². The van der Waals surface area contributed by atoms with Gasteiger partial charge in [0.15, 0.2) is 0 Å². The average Bonchev–Trinajstić information content (AvgIpc) is 2.49. The SMILES string of the molecule is CNc1cncc(C(=O)Nc2ccc(C#N)cc2F)n1. The number of nitriles is 1. The lowest BCUT2D eigenvalue weighted by Crippen LogP contribution is -2.15. The van der Waals surface area contributed by atoms with Crippen LogP contribution >= 0.6 is 0 Å². The van der Waals surface area contributed by atoms with Gasteiger partial charge in [0.1, 0.15) is 17.3 Å². The van der Waals surface area contributed by atoms with E-state index in [0.717, 1.165) is 6.07 Å². The smallest absolute Gasteiger partial charge is 0.276 e. The van der Waals surface area contributed by atoms with Crippen LogP contribution in [-0.2, 0) is 0 Å². The first kappa shape index (κ1) is 13.4. The number of hydrogen-bond acceptors (Lipinski definition) is 5. The molecule has 0 atom stereocenters. The summed E-state index contributed by atoms with van der Waals surface area (Å²) in [6, 6.07) is 5.59. The highest BCUT2D eigenvalue weighted by atomic mass is 19.1. The first-order chi connectivity index (χ1) is 9.63. The van der Waals surface area contributed by atoms with Gasteiger partial charge in [0, 0.05) is 7.05 Å². The fourth-order valence-electron chi connectivity index (χ4n) is 1.47. The van der Waals surface area contributed by atoms with Gasteiger partial charge in [-0.3, -0.25) is 9.78 Å². The molecule has 0 unspecified atom stereocenters. The summed E-state index contributed by atoms with van der Waals surface area (Å²) >= 11 is 0. The largest absolute Gasteiger partial charge is 0.372 e. The van der Waals surface area contributed by atoms with Crippen LogP contribution in [0.25, 0.3) is 0 Å². The van der Waals surface area contributed by atoms with E-state index >= 15 is 0 Å². The Hall–Kier alpha value is -3.01. The molecule has 1 aromatic carbocycles. The van der Waals surface area contributed by atoms with Gasteiger partial charge in [-0.05, 0) is 18.2 Å². The van der Waals surface area contributed by atoms with E-state index in [-0.39, 0.29) is 16.9 Å². The Kier molecular flexibility index (Phi) is 3.86. The molecule has 100 valence electrons. The molecule has 1 heterocycles. The first-order valence-corrected chi connectivity index (χ1v) is 5.65. The second kappa shape index (κ2) is 5.75. The Labute approximate surface area is 114 Å². The molecule has 0 bridgehead atoms. The molecule has 2 rings (SSSR count). The van der Waals surface area contributed by atoms with Crippen molar-refractivity contribution in [3.8, 4) is 6.07 Å². The summed E-state index contributed by atoms with van der Waals surface area (Å²) in [4.78, 5) is 19.8. The van der Waals surface area contributed by atoms with Crippen LogP contribution in [0.5, 0.6) is 0 Å². The molecule has 0 fully saturated rings. The van der Waals surface area contributed by atoms with Gasteiger partial charge in [-0.2, -0.15) is 5.26 Å². The molecule has 7 heteroatoms. The van der Waals surface area contributed by atoms with Crippen molar-refractivity contribution < 1.29 is 9.18 Å². The lowest BCUT2D eigenvalue weighted by atomic mass is 10.2. The molecule has 1 aromatic heterocycles. The van der Waals surface area contributed by atoms with Gasteiger partial charge >= 0.3 is 0 Å². The number of rotatable bonds is 3. The van der Waals surface area contributed by atoms with Gasteiger partial charge in [0.05, 0.1) is 29.7 Å². The summed E-state index contributed by atoms with van der Waals surface area (Å²) in [7, 11) is 1.64. The third-order valence-electron chi connectivity index (χ3n) is 2.47. The van der Waals surface area contributed by atoms with E-state index in [0.29, 0.717) is 5.82 Å². The Bertz CT molecular complexity index is 695. The highest BCUT2D eigenvalue weighted by Gasteiger charge is 2.12. The molecule has 2 aromatic rings. The minimum absolute atomic E-state index is 0.0225. The highest BCUT2D eigenvalue weighted by molar-refractivity contribution is 6.02. The van der Waals surface area contributed by atoms with Crippen LogP contribution in [0.3, 0.4) is 0 Å². The van der Waals surface area contributed by atoms with Gasteiger partial charge < -0.3 is 10.6 Å². The molecule has 1 amide bonds. The van der Waals surface area contributed by atoms with Crippen molar-refractivity contribution in [3.63, 3.8) is 0 Å². The third kappa shape index (κ3) is 2.87. The Morgan fingerprint density at radius 3 is 2.85 bits per heavy atom. The summed E-state index contributed by atoms with van der Waals surface area (Å²) in [6.45, 7) is 0. The van der Waals surface area contributed by atoms with E-state index in [4.69, 9.17) is 5.26 Å². The number of carbonyl (C=O) groups is 1. The lowest BCUT2D eigenvalue weighted by molar-refractivity contribution is 0.102. The topological polar surface area (TPSA) is 90.7 Å². The van der Waals surface area contributed by atoms with Crippen LogP contribution in [0, 0.1) is 17.1 Å². The van der Waals surface area contributed by atoms with E-state index < -0.39 is 11.7 Å². The number of benzene rings is 1. The number of hydrogen-bond donors (Lipinski definition) is 2. The predicted molar refractivity (Wildman–Crippen MR) is 70.6 cm³/mol. The standard InChI is InChI=1S/C13H10FN5O/c1-16-12-7-17-6-11(18-12)13(20)19-10-3-2-8(5-15)4-9(10)14/h2-4,6-7H,1H3,(H,16,18)(H,19,20). The van der Waals surface area contributed by atoms with Crippen molar-refractivity contribution in [2.75, 3.05) is 17.7 Å². The number of aromatic nitrogens is 2. The third-order valence-corrected chi connectivity index (χ3v) is 2.47. The average molecular weight is 271 g/mol. The number of halogens is 1. The molecule has 6 nitrogen and oxygen atoms in total. The quantitative estimate of drug-likeness (QED) is 0.888. The van der Waals surface area contributed by atoms with Gasteiger partial charge in [0.25, 0.3) is 5.91 Å². The fourth-order valence-corrected chi connectivity index (χ4v) is 1.47. The molecule has 0 aliphatic rings. The first-order valence-electron chi connectivity index (χ1n) is 5.65. The summed E-state index contributed by atoms with van der Waals surface area (Å²) in [5.74, 6) is -0.841. The number of nitrogens with one attached hydrogen (secondary N) is 2. The van der Waals surface area contributed by atoms with Crippen LogP contribution in [-0.4, -0.2) is 22.9 Å². The zero-order chi connectivity index (χ0) is 14.5.